The Hall–Kier alpha value is -3.13. The van der Waals surface area contributed by atoms with E-state index in [0.29, 0.717) is 5.57 Å². The van der Waals surface area contributed by atoms with E-state index in [1.165, 1.54) is 0 Å². The third-order valence-corrected chi connectivity index (χ3v) is 4.92. The lowest BCUT2D eigenvalue weighted by atomic mass is 9.87. The van der Waals surface area contributed by atoms with E-state index < -0.39 is 11.6 Å². The van der Waals surface area contributed by atoms with Gasteiger partial charge in [-0.15, -0.1) is 0 Å². The van der Waals surface area contributed by atoms with Gasteiger partial charge in [0, 0.05) is 16.7 Å². The molecule has 0 aromatic heterocycles. The van der Waals surface area contributed by atoms with Gasteiger partial charge < -0.3 is 4.74 Å². The van der Waals surface area contributed by atoms with Crippen molar-refractivity contribution in [2.45, 2.75) is 19.4 Å². The maximum Gasteiger partial charge on any atom is 0.334 e. The van der Waals surface area contributed by atoms with Crippen molar-refractivity contribution in [3.8, 4) is 11.1 Å². The van der Waals surface area contributed by atoms with E-state index in [1.807, 2.05) is 49.4 Å². The summed E-state index contributed by atoms with van der Waals surface area (Å²) in [5, 5.41) is 2.22. The minimum atomic E-state index is -0.947. The molecule has 0 spiro atoms. The summed E-state index contributed by atoms with van der Waals surface area (Å²) < 4.78 is 6.14. The van der Waals surface area contributed by atoms with Gasteiger partial charge in [0.05, 0.1) is 0 Å². The van der Waals surface area contributed by atoms with Crippen molar-refractivity contribution < 1.29 is 9.53 Å². The molecule has 1 aliphatic carbocycles. The molecule has 3 aromatic carbocycles. The first-order chi connectivity index (χ1) is 12.6. The van der Waals surface area contributed by atoms with E-state index in [-0.39, 0.29) is 0 Å². The summed E-state index contributed by atoms with van der Waals surface area (Å²) in [5.41, 5.74) is 3.65. The van der Waals surface area contributed by atoms with E-state index in [4.69, 9.17) is 4.74 Å². The summed E-state index contributed by atoms with van der Waals surface area (Å²) in [7, 11) is 0. The van der Waals surface area contributed by atoms with Crippen LogP contribution in [-0.2, 0) is 15.1 Å². The number of hydrogen-bond acceptors (Lipinski definition) is 2. The van der Waals surface area contributed by atoms with Gasteiger partial charge >= 0.3 is 5.97 Å². The average molecular weight is 340 g/mol. The molecule has 0 amide bonds. The normalized spacial score (nSPS) is 17.9. The van der Waals surface area contributed by atoms with Gasteiger partial charge in [-0.05, 0) is 41.8 Å². The van der Waals surface area contributed by atoms with Crippen molar-refractivity contribution in [1.82, 2.24) is 0 Å². The lowest BCUT2D eigenvalue weighted by molar-refractivity contribution is -0.147. The highest BCUT2D eigenvalue weighted by atomic mass is 16.6. The maximum atomic E-state index is 12.6. The highest BCUT2D eigenvalue weighted by Crippen LogP contribution is 2.53. The van der Waals surface area contributed by atoms with Crippen LogP contribution >= 0.6 is 0 Å². The van der Waals surface area contributed by atoms with Crippen LogP contribution in [0.2, 0.25) is 0 Å². The number of hydrogen-bond donors (Lipinski definition) is 0. The van der Waals surface area contributed by atoms with Crippen molar-refractivity contribution in [3.63, 3.8) is 0 Å². The van der Waals surface area contributed by atoms with Gasteiger partial charge in [0.2, 0.25) is 0 Å². The lowest BCUT2D eigenvalue weighted by Gasteiger charge is -2.30. The Labute approximate surface area is 153 Å². The molecule has 1 atom stereocenters. The van der Waals surface area contributed by atoms with E-state index in [9.17, 15) is 4.79 Å². The first-order valence-corrected chi connectivity index (χ1v) is 8.73. The molecule has 2 heteroatoms. The van der Waals surface area contributed by atoms with Gasteiger partial charge in [-0.3, -0.25) is 0 Å². The van der Waals surface area contributed by atoms with Gasteiger partial charge in [0.25, 0.3) is 0 Å². The predicted octanol–water partition coefficient (Wildman–Crippen LogP) is 5.76. The van der Waals surface area contributed by atoms with Crippen LogP contribution in [0.25, 0.3) is 21.9 Å². The van der Waals surface area contributed by atoms with E-state index in [2.05, 4.69) is 36.9 Å². The highest BCUT2D eigenvalue weighted by molar-refractivity contribution is 5.99. The molecule has 1 aliphatic rings. The Balaban J connectivity index is 2.13. The van der Waals surface area contributed by atoms with Crippen LogP contribution < -0.4 is 0 Å². The molecule has 0 saturated carbocycles. The molecule has 128 valence electrons. The molecule has 0 radical (unpaired) electrons. The van der Waals surface area contributed by atoms with Gasteiger partial charge in [-0.1, -0.05) is 73.3 Å². The van der Waals surface area contributed by atoms with Crippen LogP contribution in [0.5, 0.6) is 0 Å². The van der Waals surface area contributed by atoms with Gasteiger partial charge in [-0.25, -0.2) is 4.79 Å². The van der Waals surface area contributed by atoms with Crippen LogP contribution in [0.15, 0.2) is 85.0 Å². The van der Waals surface area contributed by atoms with E-state index in [1.54, 1.807) is 6.92 Å². The largest absolute Gasteiger partial charge is 0.441 e. The minimum Gasteiger partial charge on any atom is -0.441 e. The number of benzene rings is 3. The Kier molecular flexibility index (Phi) is 3.77. The van der Waals surface area contributed by atoms with Crippen molar-refractivity contribution in [3.05, 3.63) is 96.1 Å². The second kappa shape index (κ2) is 5.99. The maximum absolute atomic E-state index is 12.6. The average Bonchev–Trinajstić information content (AvgIpc) is 2.93. The molecule has 0 aliphatic heterocycles. The van der Waals surface area contributed by atoms with Gasteiger partial charge in [-0.2, -0.15) is 0 Å². The van der Waals surface area contributed by atoms with Gasteiger partial charge in [0.1, 0.15) is 0 Å². The molecule has 4 rings (SSSR count). The van der Waals surface area contributed by atoms with Crippen LogP contribution in [0.4, 0.5) is 0 Å². The number of esters is 1. The SMILES string of the molecule is C=C(C)C(=O)OC1(/C=C/C)c2ccccc2-c2ccc3ccccc3c21. The fraction of sp³-hybridized carbons (Fsp3) is 0.125. The molecule has 0 bridgehead atoms. The van der Waals surface area contributed by atoms with Crippen LogP contribution in [0.1, 0.15) is 25.0 Å². The summed E-state index contributed by atoms with van der Waals surface area (Å²) in [5.74, 6) is -0.390. The first kappa shape index (κ1) is 16.3. The zero-order chi connectivity index (χ0) is 18.3. The zero-order valence-electron chi connectivity index (χ0n) is 15.0. The van der Waals surface area contributed by atoms with E-state index in [0.717, 1.165) is 33.0 Å². The Morgan fingerprint density at radius 2 is 1.73 bits per heavy atom. The number of allylic oxidation sites excluding steroid dienone is 1. The first-order valence-electron chi connectivity index (χ1n) is 8.73. The number of carbonyl (C=O) groups excluding carboxylic acids is 1. The third-order valence-electron chi connectivity index (χ3n) is 4.92. The number of ether oxygens (including phenoxy) is 1. The molecule has 0 N–H and O–H groups in total. The minimum absolute atomic E-state index is 0.389. The number of carbonyl (C=O) groups is 1. The standard InChI is InChI=1S/C24H20O2/c1-4-15-24(26-23(25)16(2)3)21-12-8-7-11-19(21)20-14-13-17-9-5-6-10-18(17)22(20)24/h4-15H,2H2,1,3H3/b15-4+. The molecule has 0 saturated heterocycles. The summed E-state index contributed by atoms with van der Waals surface area (Å²) in [6.07, 6.45) is 3.92. The molecule has 26 heavy (non-hydrogen) atoms. The van der Waals surface area contributed by atoms with Crippen molar-refractivity contribution in [1.29, 1.82) is 0 Å². The Bertz CT molecular complexity index is 1070. The lowest BCUT2D eigenvalue weighted by Crippen LogP contribution is -2.30. The Morgan fingerprint density at radius 1 is 1.00 bits per heavy atom. The molecule has 1 unspecified atom stereocenters. The summed E-state index contributed by atoms with van der Waals surface area (Å²) in [4.78, 5) is 12.6. The molecule has 2 nitrogen and oxygen atoms in total. The molecule has 0 fully saturated rings. The second-order valence-electron chi connectivity index (χ2n) is 6.66. The highest BCUT2D eigenvalue weighted by Gasteiger charge is 2.45. The van der Waals surface area contributed by atoms with Crippen molar-refractivity contribution >= 4 is 16.7 Å². The van der Waals surface area contributed by atoms with Crippen molar-refractivity contribution in [2.75, 3.05) is 0 Å². The summed E-state index contributed by atoms with van der Waals surface area (Å²) in [6.45, 7) is 7.39. The summed E-state index contributed by atoms with van der Waals surface area (Å²) >= 11 is 0. The monoisotopic (exact) mass is 340 g/mol. The molecular weight excluding hydrogens is 320 g/mol. The molecule has 3 aromatic rings. The van der Waals surface area contributed by atoms with Gasteiger partial charge in [0.15, 0.2) is 5.60 Å². The van der Waals surface area contributed by atoms with Crippen LogP contribution in [0, 0.1) is 0 Å². The third kappa shape index (κ3) is 2.22. The summed E-state index contributed by atoms with van der Waals surface area (Å²) in [6, 6.07) is 20.6. The number of rotatable bonds is 3. The topological polar surface area (TPSA) is 26.3 Å². The molecule has 0 heterocycles. The van der Waals surface area contributed by atoms with E-state index >= 15 is 0 Å². The zero-order valence-corrected chi connectivity index (χ0v) is 15.0. The quantitative estimate of drug-likeness (QED) is 0.344. The fourth-order valence-corrected chi connectivity index (χ4v) is 3.85. The number of fused-ring (bicyclic) bond motifs is 5. The smallest absolute Gasteiger partial charge is 0.334 e. The Morgan fingerprint density at radius 3 is 2.50 bits per heavy atom. The van der Waals surface area contributed by atoms with Crippen LogP contribution in [-0.4, -0.2) is 5.97 Å². The fourth-order valence-electron chi connectivity index (χ4n) is 3.85. The van der Waals surface area contributed by atoms with Crippen molar-refractivity contribution in [2.24, 2.45) is 0 Å². The molecular formula is C24H20O2. The van der Waals surface area contributed by atoms with Crippen LogP contribution in [0.3, 0.4) is 0 Å². The predicted molar refractivity (Wildman–Crippen MR) is 106 cm³/mol. The second-order valence-corrected chi connectivity index (χ2v) is 6.66.